The molecule has 0 aliphatic carbocycles. The van der Waals surface area contributed by atoms with Gasteiger partial charge in [-0.25, -0.2) is 8.42 Å². The summed E-state index contributed by atoms with van der Waals surface area (Å²) in [6.45, 7) is 3.48. The average Bonchev–Trinajstić information content (AvgIpc) is 2.73. The Bertz CT molecular complexity index is 922. The van der Waals surface area contributed by atoms with Crippen molar-refractivity contribution in [2.24, 2.45) is 5.92 Å². The second-order valence-electron chi connectivity index (χ2n) is 7.05. The summed E-state index contributed by atoms with van der Waals surface area (Å²) in [5, 5.41) is 3.03. The van der Waals surface area contributed by atoms with Crippen LogP contribution < -0.4 is 5.32 Å². The molecule has 0 saturated carbocycles. The maximum absolute atomic E-state index is 12.7. The Kier molecular flexibility index (Phi) is 6.80. The number of nitrogens with zero attached hydrogens (tertiary/aromatic N) is 1. The van der Waals surface area contributed by atoms with Crippen molar-refractivity contribution in [1.29, 1.82) is 0 Å². The molecular weight excluding hydrogens is 392 g/mol. The Hall–Kier alpha value is -1.83. The molecule has 1 fully saturated rings. The van der Waals surface area contributed by atoms with E-state index < -0.39 is 10.0 Å². The molecule has 150 valence electrons. The summed E-state index contributed by atoms with van der Waals surface area (Å²) < 4.78 is 26.9. The molecule has 1 amide bonds. The highest BCUT2D eigenvalue weighted by Gasteiger charge is 2.29. The fraction of sp³-hybridized carbons (Fsp3) is 0.381. The lowest BCUT2D eigenvalue weighted by Crippen LogP contribution is -2.41. The van der Waals surface area contributed by atoms with Gasteiger partial charge >= 0.3 is 0 Å². The molecule has 1 saturated heterocycles. The molecule has 1 aliphatic rings. The van der Waals surface area contributed by atoms with Crippen LogP contribution in [0.1, 0.15) is 28.8 Å². The average molecular weight is 419 g/mol. The topological polar surface area (TPSA) is 66.5 Å². The second kappa shape index (κ2) is 9.11. The van der Waals surface area contributed by atoms with Crippen LogP contribution in [-0.2, 0) is 10.0 Å². The Labute approximate surface area is 171 Å². The number of hydrogen-bond acceptors (Lipinski definition) is 4. The van der Waals surface area contributed by atoms with Crippen molar-refractivity contribution in [3.8, 4) is 0 Å². The minimum absolute atomic E-state index is 0.0623. The van der Waals surface area contributed by atoms with Gasteiger partial charge in [-0.1, -0.05) is 24.3 Å². The SMILES string of the molecule is CSc1ccc(C)c(C(=O)NCC2CCN(S(=O)(=O)c3ccccc3)CC2)c1. The summed E-state index contributed by atoms with van der Waals surface area (Å²) in [7, 11) is -3.43. The molecule has 0 aromatic heterocycles. The van der Waals surface area contributed by atoms with E-state index in [0.29, 0.717) is 30.1 Å². The molecule has 0 radical (unpaired) electrons. The molecule has 0 unspecified atom stereocenters. The first-order valence-corrected chi connectivity index (χ1v) is 12.1. The van der Waals surface area contributed by atoms with Crippen molar-refractivity contribution in [2.45, 2.75) is 29.6 Å². The normalized spacial score (nSPS) is 16.1. The highest BCUT2D eigenvalue weighted by atomic mass is 32.2. The molecule has 0 bridgehead atoms. The molecule has 0 spiro atoms. The maximum Gasteiger partial charge on any atom is 0.251 e. The zero-order valence-corrected chi connectivity index (χ0v) is 17.9. The molecule has 28 heavy (non-hydrogen) atoms. The number of piperidine rings is 1. The maximum atomic E-state index is 12.7. The van der Waals surface area contributed by atoms with Crippen molar-refractivity contribution in [3.63, 3.8) is 0 Å². The predicted octanol–water partition coefficient (Wildman–Crippen LogP) is 3.55. The highest BCUT2D eigenvalue weighted by molar-refractivity contribution is 7.98. The summed E-state index contributed by atoms with van der Waals surface area (Å²) >= 11 is 1.61. The van der Waals surface area contributed by atoms with Gasteiger partial charge in [-0.15, -0.1) is 11.8 Å². The second-order valence-corrected chi connectivity index (χ2v) is 9.87. The largest absolute Gasteiger partial charge is 0.352 e. The van der Waals surface area contributed by atoms with Crippen LogP contribution in [0.5, 0.6) is 0 Å². The Balaban J connectivity index is 1.54. The number of aryl methyl sites for hydroxylation is 1. The third-order valence-electron chi connectivity index (χ3n) is 5.20. The number of carbonyl (C=O) groups excluding carboxylic acids is 1. The van der Waals surface area contributed by atoms with E-state index in [1.165, 1.54) is 0 Å². The molecule has 3 rings (SSSR count). The molecule has 5 nitrogen and oxygen atoms in total. The van der Waals surface area contributed by atoms with Crippen molar-refractivity contribution >= 4 is 27.7 Å². The van der Waals surface area contributed by atoms with Crippen LogP contribution in [0, 0.1) is 12.8 Å². The van der Waals surface area contributed by atoms with E-state index in [2.05, 4.69) is 5.32 Å². The smallest absolute Gasteiger partial charge is 0.251 e. The summed E-state index contributed by atoms with van der Waals surface area (Å²) in [4.78, 5) is 14.0. The first kappa shape index (κ1) is 20.9. The molecule has 1 N–H and O–H groups in total. The lowest BCUT2D eigenvalue weighted by atomic mass is 9.98. The lowest BCUT2D eigenvalue weighted by Gasteiger charge is -2.31. The molecule has 7 heteroatoms. The monoisotopic (exact) mass is 418 g/mol. The van der Waals surface area contributed by atoms with Gasteiger partial charge in [0, 0.05) is 30.1 Å². The number of rotatable bonds is 6. The fourth-order valence-corrected chi connectivity index (χ4v) is 5.33. The van der Waals surface area contributed by atoms with E-state index in [9.17, 15) is 13.2 Å². The number of amides is 1. The molecule has 0 atom stereocenters. The third kappa shape index (κ3) is 4.77. The first-order valence-electron chi connectivity index (χ1n) is 9.40. The standard InChI is InChI=1S/C21H26N2O3S2/c1-16-8-9-18(27-2)14-20(16)21(24)22-15-17-10-12-23(13-11-17)28(25,26)19-6-4-3-5-7-19/h3-9,14,17H,10-13,15H2,1-2H3,(H,22,24). The number of carbonyl (C=O) groups is 1. The van der Waals surface area contributed by atoms with Gasteiger partial charge in [0.1, 0.15) is 0 Å². The number of hydrogen-bond donors (Lipinski definition) is 1. The van der Waals surface area contributed by atoms with E-state index >= 15 is 0 Å². The predicted molar refractivity (Wildman–Crippen MR) is 113 cm³/mol. The van der Waals surface area contributed by atoms with Gasteiger partial charge in [0.25, 0.3) is 5.91 Å². The van der Waals surface area contributed by atoms with E-state index in [1.807, 2.05) is 37.4 Å². The van der Waals surface area contributed by atoms with E-state index in [-0.39, 0.29) is 11.8 Å². The quantitative estimate of drug-likeness (QED) is 0.729. The number of thioether (sulfide) groups is 1. The summed E-state index contributed by atoms with van der Waals surface area (Å²) in [5.74, 6) is 0.225. The Morgan fingerprint density at radius 1 is 1.14 bits per heavy atom. The van der Waals surface area contributed by atoms with Gasteiger partial charge in [-0.3, -0.25) is 4.79 Å². The summed E-state index contributed by atoms with van der Waals surface area (Å²) in [6.07, 6.45) is 3.48. The van der Waals surface area contributed by atoms with E-state index in [4.69, 9.17) is 0 Å². The first-order chi connectivity index (χ1) is 13.4. The zero-order valence-electron chi connectivity index (χ0n) is 16.2. The van der Waals surface area contributed by atoms with Crippen molar-refractivity contribution in [3.05, 3.63) is 59.7 Å². The van der Waals surface area contributed by atoms with Crippen molar-refractivity contribution < 1.29 is 13.2 Å². The van der Waals surface area contributed by atoms with Crippen LogP contribution in [0.15, 0.2) is 58.3 Å². The Morgan fingerprint density at radius 3 is 2.46 bits per heavy atom. The number of nitrogens with one attached hydrogen (secondary N) is 1. The minimum Gasteiger partial charge on any atom is -0.352 e. The molecular formula is C21H26N2O3S2. The van der Waals surface area contributed by atoms with Gasteiger partial charge in [0.2, 0.25) is 10.0 Å². The Morgan fingerprint density at radius 2 is 1.82 bits per heavy atom. The van der Waals surface area contributed by atoms with Crippen LogP contribution in [0.4, 0.5) is 0 Å². The van der Waals surface area contributed by atoms with Crippen molar-refractivity contribution in [2.75, 3.05) is 25.9 Å². The third-order valence-corrected chi connectivity index (χ3v) is 7.83. The molecule has 2 aromatic rings. The minimum atomic E-state index is -3.43. The van der Waals surface area contributed by atoms with Gasteiger partial charge in [-0.2, -0.15) is 4.31 Å². The van der Waals surface area contributed by atoms with E-state index in [0.717, 1.165) is 23.3 Å². The van der Waals surface area contributed by atoms with Gasteiger partial charge < -0.3 is 5.32 Å². The number of benzene rings is 2. The van der Waals surface area contributed by atoms with Crippen LogP contribution in [0.3, 0.4) is 0 Å². The molecule has 1 heterocycles. The highest BCUT2D eigenvalue weighted by Crippen LogP contribution is 2.24. The summed E-state index contributed by atoms with van der Waals surface area (Å²) in [5.41, 5.74) is 1.66. The number of sulfonamides is 1. The van der Waals surface area contributed by atoms with E-state index in [1.54, 1.807) is 40.3 Å². The van der Waals surface area contributed by atoms with Crippen LogP contribution >= 0.6 is 11.8 Å². The van der Waals surface area contributed by atoms with Crippen LogP contribution in [0.2, 0.25) is 0 Å². The van der Waals surface area contributed by atoms with Crippen LogP contribution in [-0.4, -0.2) is 44.5 Å². The van der Waals surface area contributed by atoms with Gasteiger partial charge in [0.15, 0.2) is 0 Å². The van der Waals surface area contributed by atoms with Gasteiger partial charge in [0.05, 0.1) is 4.90 Å². The van der Waals surface area contributed by atoms with Crippen LogP contribution in [0.25, 0.3) is 0 Å². The fourth-order valence-electron chi connectivity index (χ4n) is 3.40. The zero-order chi connectivity index (χ0) is 20.1. The van der Waals surface area contributed by atoms with Crippen molar-refractivity contribution in [1.82, 2.24) is 9.62 Å². The summed E-state index contributed by atoms with van der Waals surface area (Å²) in [6, 6.07) is 14.5. The lowest BCUT2D eigenvalue weighted by molar-refractivity contribution is 0.0940. The molecule has 1 aliphatic heterocycles. The molecule has 2 aromatic carbocycles. The van der Waals surface area contributed by atoms with Gasteiger partial charge in [-0.05, 0) is 61.8 Å².